The lowest BCUT2D eigenvalue weighted by atomic mass is 10.1. The molecule has 0 saturated carbocycles. The van der Waals surface area contributed by atoms with E-state index < -0.39 is 15.5 Å². The predicted molar refractivity (Wildman–Crippen MR) is 138 cm³/mol. The van der Waals surface area contributed by atoms with E-state index in [0.29, 0.717) is 16.1 Å². The van der Waals surface area contributed by atoms with Crippen LogP contribution in [0.3, 0.4) is 0 Å². The number of hydrogen-bond donors (Lipinski definition) is 0. The molecule has 35 heavy (non-hydrogen) atoms. The fourth-order valence-corrected chi connectivity index (χ4v) is 5.26. The number of imidazole rings is 1. The Balaban J connectivity index is 1.69. The van der Waals surface area contributed by atoms with Crippen LogP contribution < -0.4 is 5.63 Å². The van der Waals surface area contributed by atoms with Gasteiger partial charge in [0.15, 0.2) is 5.58 Å². The summed E-state index contributed by atoms with van der Waals surface area (Å²) in [6.45, 7) is 0. The number of hydrogen-bond acceptors (Lipinski definition) is 5. The van der Waals surface area contributed by atoms with Gasteiger partial charge >= 0.3 is 5.63 Å². The number of fused-ring (bicyclic) bond motifs is 1. The van der Waals surface area contributed by atoms with E-state index in [1.54, 1.807) is 42.5 Å². The number of rotatable bonds is 5. The molecule has 5 rings (SSSR count). The normalized spacial score (nSPS) is 11.9. The van der Waals surface area contributed by atoms with Crippen molar-refractivity contribution >= 4 is 50.1 Å². The van der Waals surface area contributed by atoms with Crippen molar-refractivity contribution < 1.29 is 12.8 Å². The van der Waals surface area contributed by atoms with E-state index in [0.717, 1.165) is 11.0 Å². The first-order chi connectivity index (χ1) is 16.8. The van der Waals surface area contributed by atoms with E-state index in [9.17, 15) is 13.2 Å². The van der Waals surface area contributed by atoms with Gasteiger partial charge in [-0.25, -0.2) is 18.2 Å². The van der Waals surface area contributed by atoms with E-state index in [-0.39, 0.29) is 27.0 Å². The van der Waals surface area contributed by atoms with Gasteiger partial charge in [-0.15, -0.1) is 0 Å². The SMILES string of the molecule is O=c1oc2c(Cl)cc(Cl)cc2cc1-c1cn(-c2ccccc2)c(S(=O)(=O)/C=C\c2ccccc2)n1. The maximum atomic E-state index is 13.3. The highest BCUT2D eigenvalue weighted by Gasteiger charge is 2.23. The molecule has 0 radical (unpaired) electrons. The second-order valence-corrected chi connectivity index (χ2v) is 10.2. The van der Waals surface area contributed by atoms with Gasteiger partial charge in [-0.05, 0) is 42.0 Å². The number of nitrogens with zero attached hydrogens (tertiary/aromatic N) is 2. The molecule has 0 unspecified atom stereocenters. The molecule has 0 amide bonds. The molecule has 3 aromatic carbocycles. The van der Waals surface area contributed by atoms with Crippen LogP contribution in [-0.4, -0.2) is 18.0 Å². The molecule has 0 fully saturated rings. The van der Waals surface area contributed by atoms with E-state index in [1.807, 2.05) is 24.3 Å². The van der Waals surface area contributed by atoms with Crippen LogP contribution in [0.5, 0.6) is 0 Å². The molecular formula is C26H16Cl2N2O4S. The highest BCUT2D eigenvalue weighted by atomic mass is 35.5. The molecule has 0 atom stereocenters. The van der Waals surface area contributed by atoms with Crippen LogP contribution in [0.25, 0.3) is 34.0 Å². The lowest BCUT2D eigenvalue weighted by molar-refractivity contribution is 0.563. The maximum Gasteiger partial charge on any atom is 0.345 e. The third-order valence-electron chi connectivity index (χ3n) is 5.23. The molecule has 0 aliphatic rings. The standard InChI is InChI=1S/C26H16Cl2N2O4S/c27-19-13-18-14-21(25(31)34-24(18)22(28)15-19)23-16-30(20-9-5-2-6-10-20)26(29-23)35(32,33)12-11-17-7-3-1-4-8-17/h1-16H/b12-11-. The van der Waals surface area contributed by atoms with Crippen LogP contribution in [0.1, 0.15) is 5.56 Å². The molecule has 0 spiro atoms. The summed E-state index contributed by atoms with van der Waals surface area (Å²) in [4.78, 5) is 17.2. The summed E-state index contributed by atoms with van der Waals surface area (Å²) in [5.74, 6) is 0. The van der Waals surface area contributed by atoms with Crippen molar-refractivity contribution in [3.05, 3.63) is 116 Å². The Hall–Kier alpha value is -3.65. The average molecular weight is 523 g/mol. The quantitative estimate of drug-likeness (QED) is 0.249. The zero-order chi connectivity index (χ0) is 24.6. The third kappa shape index (κ3) is 4.66. The number of aromatic nitrogens is 2. The lowest BCUT2D eigenvalue weighted by Crippen LogP contribution is -2.06. The van der Waals surface area contributed by atoms with E-state index >= 15 is 0 Å². The summed E-state index contributed by atoms with van der Waals surface area (Å²) in [6, 6.07) is 22.5. The average Bonchev–Trinajstić information content (AvgIpc) is 3.31. The van der Waals surface area contributed by atoms with Crippen LogP contribution in [-0.2, 0) is 9.84 Å². The Morgan fingerprint density at radius 2 is 1.60 bits per heavy atom. The van der Waals surface area contributed by atoms with Gasteiger partial charge in [-0.3, -0.25) is 4.57 Å². The number of benzene rings is 3. The van der Waals surface area contributed by atoms with Crippen molar-refractivity contribution in [2.45, 2.75) is 5.16 Å². The second kappa shape index (κ2) is 9.19. The Bertz CT molecular complexity index is 1740. The summed E-state index contributed by atoms with van der Waals surface area (Å²) in [5.41, 5.74) is 0.975. The molecular weight excluding hydrogens is 507 g/mol. The first kappa shape index (κ1) is 23.1. The van der Waals surface area contributed by atoms with Gasteiger partial charge in [0.05, 0.1) is 16.3 Å². The molecule has 2 aromatic heterocycles. The van der Waals surface area contributed by atoms with Crippen LogP contribution in [0.15, 0.2) is 105 Å². The summed E-state index contributed by atoms with van der Waals surface area (Å²) < 4.78 is 33.5. The zero-order valence-corrected chi connectivity index (χ0v) is 20.3. The monoisotopic (exact) mass is 522 g/mol. The molecule has 0 aliphatic carbocycles. The lowest BCUT2D eigenvalue weighted by Gasteiger charge is -2.06. The van der Waals surface area contributed by atoms with E-state index in [1.165, 1.54) is 29.0 Å². The first-order valence-electron chi connectivity index (χ1n) is 10.4. The number of sulfone groups is 1. The van der Waals surface area contributed by atoms with Crippen LogP contribution in [0.4, 0.5) is 0 Å². The fraction of sp³-hybridized carbons (Fsp3) is 0. The van der Waals surface area contributed by atoms with Crippen molar-refractivity contribution in [3.8, 4) is 16.9 Å². The van der Waals surface area contributed by atoms with Gasteiger partial charge in [0.25, 0.3) is 0 Å². The van der Waals surface area contributed by atoms with Crippen molar-refractivity contribution in [2.24, 2.45) is 0 Å². The third-order valence-corrected chi connectivity index (χ3v) is 7.02. The van der Waals surface area contributed by atoms with Gasteiger partial charge in [0.1, 0.15) is 0 Å². The largest absolute Gasteiger partial charge is 0.421 e. The Kier molecular flexibility index (Phi) is 6.06. The minimum absolute atomic E-state index is 0.0778. The van der Waals surface area contributed by atoms with Crippen molar-refractivity contribution in [2.75, 3.05) is 0 Å². The summed E-state index contributed by atoms with van der Waals surface area (Å²) in [6.07, 6.45) is 2.98. The molecule has 5 aromatic rings. The fourth-order valence-electron chi connectivity index (χ4n) is 3.60. The van der Waals surface area contributed by atoms with Crippen molar-refractivity contribution in [1.82, 2.24) is 9.55 Å². The predicted octanol–water partition coefficient (Wildman–Crippen LogP) is 6.40. The molecule has 0 N–H and O–H groups in total. The van der Waals surface area contributed by atoms with Gasteiger partial charge < -0.3 is 4.42 Å². The Morgan fingerprint density at radius 1 is 0.914 bits per heavy atom. The first-order valence-corrected chi connectivity index (χ1v) is 12.7. The molecule has 0 saturated heterocycles. The van der Waals surface area contributed by atoms with Crippen molar-refractivity contribution in [1.29, 1.82) is 0 Å². The van der Waals surface area contributed by atoms with Gasteiger partial charge in [-0.2, -0.15) is 0 Å². The maximum absolute atomic E-state index is 13.3. The van der Waals surface area contributed by atoms with E-state index in [4.69, 9.17) is 27.6 Å². The molecule has 9 heteroatoms. The minimum Gasteiger partial charge on any atom is -0.421 e. The van der Waals surface area contributed by atoms with Gasteiger partial charge in [-0.1, -0.05) is 71.7 Å². The number of halogens is 2. The Morgan fingerprint density at radius 3 is 2.31 bits per heavy atom. The smallest absolute Gasteiger partial charge is 0.345 e. The van der Waals surface area contributed by atoms with Gasteiger partial charge in [0.2, 0.25) is 15.0 Å². The van der Waals surface area contributed by atoms with Crippen molar-refractivity contribution in [3.63, 3.8) is 0 Å². The Labute approximate surface area is 210 Å². The molecule has 2 heterocycles. The molecule has 174 valence electrons. The van der Waals surface area contributed by atoms with Crippen LogP contribution in [0.2, 0.25) is 10.0 Å². The summed E-state index contributed by atoms with van der Waals surface area (Å²) in [7, 11) is -4.00. The van der Waals surface area contributed by atoms with Crippen LogP contribution in [0, 0.1) is 0 Å². The molecule has 0 bridgehead atoms. The summed E-state index contributed by atoms with van der Waals surface area (Å²) in [5, 5.41) is 1.90. The highest BCUT2D eigenvalue weighted by molar-refractivity contribution is 7.94. The molecule has 0 aliphatic heterocycles. The second-order valence-electron chi connectivity index (χ2n) is 7.63. The zero-order valence-electron chi connectivity index (χ0n) is 17.9. The highest BCUT2D eigenvalue weighted by Crippen LogP contribution is 2.30. The van der Waals surface area contributed by atoms with Crippen LogP contribution >= 0.6 is 23.2 Å². The number of para-hydroxylation sites is 1. The summed E-state index contributed by atoms with van der Waals surface area (Å²) >= 11 is 12.3. The minimum atomic E-state index is -4.00. The topological polar surface area (TPSA) is 82.2 Å². The van der Waals surface area contributed by atoms with E-state index in [2.05, 4.69) is 4.98 Å². The van der Waals surface area contributed by atoms with Gasteiger partial charge in [0, 0.05) is 27.7 Å². The molecule has 6 nitrogen and oxygen atoms in total.